The van der Waals surface area contributed by atoms with Gasteiger partial charge in [-0.2, -0.15) is 5.10 Å². The fraction of sp³-hybridized carbons (Fsp3) is 0.480. The van der Waals surface area contributed by atoms with Gasteiger partial charge in [-0.05, 0) is 24.3 Å². The average Bonchev–Trinajstić information content (AvgIpc) is 3.58. The lowest BCUT2D eigenvalue weighted by Crippen LogP contribution is -2.40. The summed E-state index contributed by atoms with van der Waals surface area (Å²) in [6, 6.07) is 1.14. The second-order valence-corrected chi connectivity index (χ2v) is 10.2. The van der Waals surface area contributed by atoms with Crippen LogP contribution in [-0.4, -0.2) is 44.8 Å². The Bertz CT molecular complexity index is 1410. The third kappa shape index (κ3) is 3.74. The molecular weight excluding hydrogens is 464 g/mol. The van der Waals surface area contributed by atoms with Gasteiger partial charge < -0.3 is 25.4 Å². The Hall–Kier alpha value is -3.73. The molecule has 3 aromatic rings. The van der Waals surface area contributed by atoms with E-state index < -0.39 is 22.5 Å². The lowest BCUT2D eigenvalue weighted by molar-refractivity contribution is 0.0819. The molecule has 11 heteroatoms. The Labute approximate surface area is 207 Å². The zero-order valence-electron chi connectivity index (χ0n) is 20.8. The molecule has 190 valence electrons. The van der Waals surface area contributed by atoms with E-state index in [-0.39, 0.29) is 34.2 Å². The van der Waals surface area contributed by atoms with Crippen LogP contribution in [0.25, 0.3) is 0 Å². The Morgan fingerprint density at radius 2 is 1.89 bits per heavy atom. The summed E-state index contributed by atoms with van der Waals surface area (Å²) in [7, 11) is 4.98. The molecule has 1 atom stereocenters. The van der Waals surface area contributed by atoms with Gasteiger partial charge in [-0.15, -0.1) is 0 Å². The van der Waals surface area contributed by atoms with E-state index in [2.05, 4.69) is 22.5 Å². The number of anilines is 3. The Morgan fingerprint density at radius 3 is 2.58 bits per heavy atom. The maximum absolute atomic E-state index is 12.7. The quantitative estimate of drug-likeness (QED) is 0.422. The highest BCUT2D eigenvalue weighted by Crippen LogP contribution is 2.50. The summed E-state index contributed by atoms with van der Waals surface area (Å²) in [5.41, 5.74) is 1.51. The number of hydrogen-bond donors (Lipinski definition) is 3. The van der Waals surface area contributed by atoms with Crippen molar-refractivity contribution in [3.05, 3.63) is 55.4 Å². The molecule has 3 N–H and O–H groups in total. The molecule has 2 aromatic heterocycles. The Morgan fingerprint density at radius 1 is 1.19 bits per heavy atom. The molecule has 1 aliphatic heterocycles. The van der Waals surface area contributed by atoms with Gasteiger partial charge in [0.1, 0.15) is 11.4 Å². The molecule has 11 nitrogen and oxygen atoms in total. The van der Waals surface area contributed by atoms with Crippen LogP contribution in [0.1, 0.15) is 66.1 Å². The number of fused-ring (bicyclic) bond motifs is 1. The van der Waals surface area contributed by atoms with Crippen LogP contribution in [0.5, 0.6) is 5.75 Å². The smallest absolute Gasteiger partial charge is 0.275 e. The van der Waals surface area contributed by atoms with Gasteiger partial charge >= 0.3 is 0 Å². The molecule has 0 saturated heterocycles. The molecule has 1 aliphatic carbocycles. The molecule has 1 saturated carbocycles. The minimum Gasteiger partial charge on any atom is -0.504 e. The largest absolute Gasteiger partial charge is 0.504 e. The first-order valence-corrected chi connectivity index (χ1v) is 12.0. The molecule has 0 spiro atoms. The molecule has 3 heterocycles. The highest BCUT2D eigenvalue weighted by molar-refractivity contribution is 5.97. The van der Waals surface area contributed by atoms with E-state index in [0.29, 0.717) is 13.2 Å². The number of ether oxygens (including phenoxy) is 1. The lowest BCUT2D eigenvalue weighted by atomic mass is 9.77. The predicted octanol–water partition coefficient (Wildman–Crippen LogP) is 2.33. The third-order valence-corrected chi connectivity index (χ3v) is 7.50. The van der Waals surface area contributed by atoms with Crippen molar-refractivity contribution in [2.24, 2.45) is 12.5 Å². The van der Waals surface area contributed by atoms with Gasteiger partial charge in [0, 0.05) is 32.9 Å². The zero-order chi connectivity index (χ0) is 25.8. The van der Waals surface area contributed by atoms with Crippen molar-refractivity contribution in [1.82, 2.24) is 19.7 Å². The molecule has 0 bridgehead atoms. The average molecular weight is 495 g/mol. The first-order valence-electron chi connectivity index (χ1n) is 12.0. The number of aromatic nitrogens is 3. The van der Waals surface area contributed by atoms with Crippen LogP contribution >= 0.6 is 0 Å². The highest BCUT2D eigenvalue weighted by atomic mass is 16.5. The number of nitrogens with zero attached hydrogens (tertiary/aromatic N) is 4. The summed E-state index contributed by atoms with van der Waals surface area (Å²) >= 11 is 0. The fourth-order valence-corrected chi connectivity index (χ4v) is 5.34. The number of hydrogen-bond acceptors (Lipinski definition) is 9. The van der Waals surface area contributed by atoms with Crippen molar-refractivity contribution in [2.75, 3.05) is 24.7 Å². The van der Waals surface area contributed by atoms with Crippen molar-refractivity contribution < 1.29 is 14.6 Å². The molecular formula is C25H30N6O5. The van der Waals surface area contributed by atoms with Crippen molar-refractivity contribution >= 4 is 23.0 Å². The van der Waals surface area contributed by atoms with Crippen molar-refractivity contribution in [2.45, 2.75) is 51.9 Å². The summed E-state index contributed by atoms with van der Waals surface area (Å²) < 4.78 is 7.49. The maximum Gasteiger partial charge on any atom is 0.275 e. The molecule has 1 amide bonds. The van der Waals surface area contributed by atoms with Crippen LogP contribution in [0.15, 0.2) is 21.9 Å². The second kappa shape index (κ2) is 8.74. The van der Waals surface area contributed by atoms with Crippen LogP contribution < -0.4 is 21.5 Å². The molecule has 1 unspecified atom stereocenters. The SMILES string of the molecule is CN(C)C(=O)c1nccc(Nc2c(NC(c3nn(C)c4c3COC4)C3(C)CCCC3)c(=O)c2=O)c1O. The minimum absolute atomic E-state index is 0.0418. The number of amides is 1. The highest BCUT2D eigenvalue weighted by Gasteiger charge is 2.43. The van der Waals surface area contributed by atoms with Crippen molar-refractivity contribution in [3.8, 4) is 5.75 Å². The van der Waals surface area contributed by atoms with E-state index in [4.69, 9.17) is 9.84 Å². The van der Waals surface area contributed by atoms with Crippen molar-refractivity contribution in [3.63, 3.8) is 0 Å². The van der Waals surface area contributed by atoms with Gasteiger partial charge in [0.05, 0.1) is 36.3 Å². The molecule has 1 fully saturated rings. The Balaban J connectivity index is 1.52. The lowest BCUT2D eigenvalue weighted by Gasteiger charge is -2.35. The minimum atomic E-state index is -0.695. The number of aromatic hydroxyl groups is 1. The first-order chi connectivity index (χ1) is 17.1. The number of carbonyl (C=O) groups is 1. The number of carbonyl (C=O) groups excluding carboxylic acids is 1. The van der Waals surface area contributed by atoms with Gasteiger partial charge in [-0.1, -0.05) is 19.8 Å². The summed E-state index contributed by atoms with van der Waals surface area (Å²) in [5, 5.41) is 21.7. The third-order valence-electron chi connectivity index (χ3n) is 7.50. The topological polar surface area (TPSA) is 139 Å². The van der Waals surface area contributed by atoms with Gasteiger partial charge in [-0.25, -0.2) is 4.98 Å². The zero-order valence-corrected chi connectivity index (χ0v) is 20.8. The van der Waals surface area contributed by atoms with E-state index >= 15 is 0 Å². The monoisotopic (exact) mass is 494 g/mol. The number of rotatable bonds is 7. The molecule has 1 aromatic carbocycles. The molecule has 2 aliphatic rings. The summed E-state index contributed by atoms with van der Waals surface area (Å²) in [5.74, 6) is -0.880. The van der Waals surface area contributed by atoms with Crippen LogP contribution in [-0.2, 0) is 25.0 Å². The first kappa shape index (κ1) is 24.0. The second-order valence-electron chi connectivity index (χ2n) is 10.2. The fourth-order valence-electron chi connectivity index (χ4n) is 5.34. The maximum atomic E-state index is 12.7. The van der Waals surface area contributed by atoms with Crippen LogP contribution in [0.3, 0.4) is 0 Å². The van der Waals surface area contributed by atoms with Gasteiger partial charge in [0.15, 0.2) is 11.4 Å². The molecule has 0 radical (unpaired) electrons. The van der Waals surface area contributed by atoms with E-state index in [1.807, 2.05) is 11.7 Å². The van der Waals surface area contributed by atoms with Gasteiger partial charge in [-0.3, -0.25) is 19.1 Å². The standard InChI is InChI=1S/C25H30N6O5/c1-25(8-5-6-9-25)23(16-13-11-36-12-15(13)31(4)29-16)28-18-17(21(33)22(18)34)27-14-7-10-26-19(20(14)32)24(35)30(2)3/h7,10,23,28,32H,5-6,8-9,11-12H2,1-4H3,(H,26,27). The van der Waals surface area contributed by atoms with E-state index in [9.17, 15) is 19.5 Å². The van der Waals surface area contributed by atoms with E-state index in [0.717, 1.165) is 42.6 Å². The molecule has 36 heavy (non-hydrogen) atoms. The van der Waals surface area contributed by atoms with E-state index in [1.165, 1.54) is 17.2 Å². The van der Waals surface area contributed by atoms with Crippen LogP contribution in [0.4, 0.5) is 17.1 Å². The normalized spacial score (nSPS) is 17.2. The Kier molecular flexibility index (Phi) is 5.82. The van der Waals surface area contributed by atoms with Crippen LogP contribution in [0.2, 0.25) is 0 Å². The predicted molar refractivity (Wildman–Crippen MR) is 133 cm³/mol. The summed E-state index contributed by atoms with van der Waals surface area (Å²) in [6.45, 7) is 3.13. The van der Waals surface area contributed by atoms with E-state index in [1.54, 1.807) is 14.1 Å². The van der Waals surface area contributed by atoms with Crippen LogP contribution in [0, 0.1) is 5.41 Å². The van der Waals surface area contributed by atoms with Gasteiger partial charge in [0.25, 0.3) is 16.8 Å². The molecule has 5 rings (SSSR count). The summed E-state index contributed by atoms with van der Waals surface area (Å²) in [4.78, 5) is 43.0. The van der Waals surface area contributed by atoms with Gasteiger partial charge in [0.2, 0.25) is 0 Å². The van der Waals surface area contributed by atoms with Crippen molar-refractivity contribution in [1.29, 1.82) is 0 Å². The number of nitrogens with one attached hydrogen (secondary N) is 2. The number of aryl methyl sites for hydroxylation is 1. The number of pyridine rings is 1. The summed E-state index contributed by atoms with van der Waals surface area (Å²) in [6.07, 6.45) is 5.42.